The highest BCUT2D eigenvalue weighted by atomic mass is 32.2. The van der Waals surface area contributed by atoms with Gasteiger partial charge in [-0.05, 0) is 67.9 Å². The molecular weight excluding hydrogens is 372 g/mol. The number of para-hydroxylation sites is 1. The van der Waals surface area contributed by atoms with Gasteiger partial charge in [0.15, 0.2) is 0 Å². The van der Waals surface area contributed by atoms with Crippen LogP contribution in [-0.2, 0) is 10.0 Å². The second kappa shape index (κ2) is 8.27. The minimum atomic E-state index is -3.72. The molecule has 3 aromatic carbocycles. The van der Waals surface area contributed by atoms with Gasteiger partial charge in [-0.25, -0.2) is 8.42 Å². The lowest BCUT2D eigenvalue weighted by molar-refractivity contribution is 0.102. The summed E-state index contributed by atoms with van der Waals surface area (Å²) in [6.45, 7) is 4.02. The number of nitrogens with one attached hydrogen (secondary N) is 1. The molecule has 0 radical (unpaired) electrons. The third-order valence-electron chi connectivity index (χ3n) is 4.31. The Labute approximate surface area is 165 Å². The molecule has 0 aliphatic rings. The van der Waals surface area contributed by atoms with E-state index < -0.39 is 10.0 Å². The Balaban J connectivity index is 1.84. The van der Waals surface area contributed by atoms with Gasteiger partial charge in [0.25, 0.3) is 15.9 Å². The molecule has 0 atom stereocenters. The van der Waals surface area contributed by atoms with E-state index in [9.17, 15) is 13.2 Å². The maximum atomic E-state index is 13.1. The summed E-state index contributed by atoms with van der Waals surface area (Å²) in [7, 11) is -3.72. The SMILES string of the molecule is CCN(c1cccc(C)c1)S(=O)(=O)c1ccc(C(=O)Nc2ccccc2)cc1. The Morgan fingerprint density at radius 1 is 0.929 bits per heavy atom. The molecule has 1 amide bonds. The van der Waals surface area contributed by atoms with E-state index in [1.54, 1.807) is 25.1 Å². The fourth-order valence-corrected chi connectivity index (χ4v) is 4.37. The van der Waals surface area contributed by atoms with Crippen LogP contribution in [0.1, 0.15) is 22.8 Å². The van der Waals surface area contributed by atoms with Crippen LogP contribution >= 0.6 is 0 Å². The van der Waals surface area contributed by atoms with E-state index in [0.717, 1.165) is 5.56 Å². The van der Waals surface area contributed by atoms with Crippen LogP contribution in [0.2, 0.25) is 0 Å². The minimum absolute atomic E-state index is 0.145. The third-order valence-corrected chi connectivity index (χ3v) is 6.23. The number of hydrogen-bond acceptors (Lipinski definition) is 3. The van der Waals surface area contributed by atoms with E-state index in [0.29, 0.717) is 23.5 Å². The molecule has 0 spiro atoms. The van der Waals surface area contributed by atoms with Crippen molar-refractivity contribution in [1.29, 1.82) is 0 Å². The van der Waals surface area contributed by atoms with E-state index in [1.165, 1.54) is 28.6 Å². The Bertz CT molecular complexity index is 1060. The van der Waals surface area contributed by atoms with Gasteiger partial charge < -0.3 is 5.32 Å². The van der Waals surface area contributed by atoms with Gasteiger partial charge >= 0.3 is 0 Å². The van der Waals surface area contributed by atoms with Gasteiger partial charge in [-0.1, -0.05) is 30.3 Å². The Kier molecular flexibility index (Phi) is 5.80. The first-order valence-electron chi connectivity index (χ1n) is 8.97. The number of benzene rings is 3. The van der Waals surface area contributed by atoms with Crippen molar-refractivity contribution in [3.8, 4) is 0 Å². The molecule has 0 saturated heterocycles. The lowest BCUT2D eigenvalue weighted by Gasteiger charge is -2.23. The van der Waals surface area contributed by atoms with Crippen LogP contribution in [0.3, 0.4) is 0 Å². The molecule has 0 aliphatic heterocycles. The fourth-order valence-electron chi connectivity index (χ4n) is 2.90. The molecule has 0 unspecified atom stereocenters. The van der Waals surface area contributed by atoms with Crippen molar-refractivity contribution in [1.82, 2.24) is 0 Å². The molecule has 5 nitrogen and oxygen atoms in total. The van der Waals surface area contributed by atoms with E-state index in [-0.39, 0.29) is 10.8 Å². The van der Waals surface area contributed by atoms with Crippen LogP contribution < -0.4 is 9.62 Å². The van der Waals surface area contributed by atoms with Gasteiger partial charge in [-0.3, -0.25) is 9.10 Å². The number of aryl methyl sites for hydroxylation is 1. The summed E-state index contributed by atoms with van der Waals surface area (Å²) in [5.41, 5.74) is 2.68. The van der Waals surface area contributed by atoms with Gasteiger partial charge in [0, 0.05) is 17.8 Å². The van der Waals surface area contributed by atoms with Crippen LogP contribution in [0.5, 0.6) is 0 Å². The second-order valence-corrected chi connectivity index (χ2v) is 8.22. The standard InChI is InChI=1S/C22H22N2O3S/c1-3-24(20-11-7-8-17(2)16-20)28(26,27)21-14-12-18(13-15-21)22(25)23-19-9-5-4-6-10-19/h4-16H,3H2,1-2H3,(H,23,25). The quantitative estimate of drug-likeness (QED) is 0.671. The van der Waals surface area contributed by atoms with Crippen molar-refractivity contribution in [2.24, 2.45) is 0 Å². The summed E-state index contributed by atoms with van der Waals surface area (Å²) in [4.78, 5) is 12.5. The predicted molar refractivity (Wildman–Crippen MR) is 112 cm³/mol. The van der Waals surface area contributed by atoms with Crippen LogP contribution in [0.15, 0.2) is 83.8 Å². The average molecular weight is 394 g/mol. The second-order valence-electron chi connectivity index (χ2n) is 6.35. The minimum Gasteiger partial charge on any atom is -0.322 e. The summed E-state index contributed by atoms with van der Waals surface area (Å²) in [6.07, 6.45) is 0. The zero-order valence-corrected chi connectivity index (χ0v) is 16.6. The summed E-state index contributed by atoms with van der Waals surface area (Å²) in [6, 6.07) is 22.4. The first-order chi connectivity index (χ1) is 13.4. The highest BCUT2D eigenvalue weighted by Gasteiger charge is 2.24. The van der Waals surface area contributed by atoms with Crippen LogP contribution in [0.25, 0.3) is 0 Å². The molecule has 3 rings (SSSR count). The molecule has 0 aromatic heterocycles. The Morgan fingerprint density at radius 2 is 1.61 bits per heavy atom. The number of nitrogens with zero attached hydrogens (tertiary/aromatic N) is 1. The van der Waals surface area contributed by atoms with Crippen molar-refractivity contribution in [3.63, 3.8) is 0 Å². The van der Waals surface area contributed by atoms with Crippen LogP contribution in [-0.4, -0.2) is 20.9 Å². The zero-order chi connectivity index (χ0) is 20.1. The van der Waals surface area contributed by atoms with Gasteiger partial charge in [-0.2, -0.15) is 0 Å². The monoisotopic (exact) mass is 394 g/mol. The molecular formula is C22H22N2O3S. The van der Waals surface area contributed by atoms with E-state index in [2.05, 4.69) is 5.32 Å². The molecule has 0 saturated carbocycles. The molecule has 3 aromatic rings. The van der Waals surface area contributed by atoms with Crippen LogP contribution in [0.4, 0.5) is 11.4 Å². The molecule has 0 heterocycles. The van der Waals surface area contributed by atoms with Crippen molar-refractivity contribution >= 4 is 27.3 Å². The van der Waals surface area contributed by atoms with Gasteiger partial charge in [0.05, 0.1) is 10.6 Å². The Hall–Kier alpha value is -3.12. The van der Waals surface area contributed by atoms with Crippen molar-refractivity contribution in [3.05, 3.63) is 90.0 Å². The summed E-state index contributed by atoms with van der Waals surface area (Å²) in [5.74, 6) is -0.291. The largest absolute Gasteiger partial charge is 0.322 e. The first kappa shape index (κ1) is 19.6. The number of carbonyl (C=O) groups excluding carboxylic acids is 1. The number of carbonyl (C=O) groups is 1. The summed E-state index contributed by atoms with van der Waals surface area (Å²) in [5, 5.41) is 2.78. The van der Waals surface area contributed by atoms with Crippen LogP contribution in [0, 0.1) is 6.92 Å². The highest BCUT2D eigenvalue weighted by Crippen LogP contribution is 2.24. The number of rotatable bonds is 6. The lowest BCUT2D eigenvalue weighted by atomic mass is 10.2. The van der Waals surface area contributed by atoms with Gasteiger partial charge in [-0.15, -0.1) is 0 Å². The van der Waals surface area contributed by atoms with E-state index in [4.69, 9.17) is 0 Å². The maximum absolute atomic E-state index is 13.1. The summed E-state index contributed by atoms with van der Waals surface area (Å²) < 4.78 is 27.5. The highest BCUT2D eigenvalue weighted by molar-refractivity contribution is 7.92. The van der Waals surface area contributed by atoms with E-state index in [1.807, 2.05) is 43.3 Å². The lowest BCUT2D eigenvalue weighted by Crippen LogP contribution is -2.30. The maximum Gasteiger partial charge on any atom is 0.264 e. The van der Waals surface area contributed by atoms with E-state index >= 15 is 0 Å². The average Bonchev–Trinajstić information content (AvgIpc) is 2.69. The van der Waals surface area contributed by atoms with Crippen molar-refractivity contribution in [2.45, 2.75) is 18.7 Å². The molecule has 144 valence electrons. The molecule has 28 heavy (non-hydrogen) atoms. The molecule has 0 bridgehead atoms. The smallest absolute Gasteiger partial charge is 0.264 e. The van der Waals surface area contributed by atoms with Gasteiger partial charge in [0.1, 0.15) is 0 Å². The molecule has 1 N–H and O–H groups in total. The number of amides is 1. The fraction of sp³-hybridized carbons (Fsp3) is 0.136. The van der Waals surface area contributed by atoms with Crippen molar-refractivity contribution < 1.29 is 13.2 Å². The number of anilines is 2. The third kappa shape index (κ3) is 4.23. The predicted octanol–water partition coefficient (Wildman–Crippen LogP) is 4.46. The van der Waals surface area contributed by atoms with Crippen molar-refractivity contribution in [2.75, 3.05) is 16.2 Å². The zero-order valence-electron chi connectivity index (χ0n) is 15.8. The number of hydrogen-bond donors (Lipinski definition) is 1. The Morgan fingerprint density at radius 3 is 2.21 bits per heavy atom. The summed E-state index contributed by atoms with van der Waals surface area (Å²) >= 11 is 0. The normalized spacial score (nSPS) is 11.1. The molecule has 6 heteroatoms. The number of sulfonamides is 1. The topological polar surface area (TPSA) is 66.5 Å². The molecule has 0 fully saturated rings. The molecule has 0 aliphatic carbocycles. The van der Waals surface area contributed by atoms with Gasteiger partial charge in [0.2, 0.25) is 0 Å². The first-order valence-corrected chi connectivity index (χ1v) is 10.4.